The highest BCUT2D eigenvalue weighted by molar-refractivity contribution is 6.34. The number of aryl methyl sites for hydroxylation is 1. The highest BCUT2D eigenvalue weighted by Crippen LogP contribution is 2.29. The summed E-state index contributed by atoms with van der Waals surface area (Å²) in [5.74, 6) is 0. The second-order valence-electron chi connectivity index (χ2n) is 5.74. The number of hydrogen-bond acceptors (Lipinski definition) is 7. The highest BCUT2D eigenvalue weighted by Gasteiger charge is 2.19. The summed E-state index contributed by atoms with van der Waals surface area (Å²) in [6, 6.07) is 10.2. The molecule has 3 aromatic rings. The molecule has 3 rings (SSSR count). The largest absolute Gasteiger partial charge is 0.301 e. The fraction of sp³-hybridized carbons (Fsp3) is 0.0588. The van der Waals surface area contributed by atoms with Crippen molar-refractivity contribution in [2.75, 3.05) is 5.43 Å². The molecule has 10 nitrogen and oxygen atoms in total. The quantitative estimate of drug-likeness (QED) is 0.338. The van der Waals surface area contributed by atoms with Crippen molar-refractivity contribution in [1.82, 2.24) is 9.78 Å². The van der Waals surface area contributed by atoms with Crippen molar-refractivity contribution in [3.63, 3.8) is 0 Å². The molecule has 0 saturated heterocycles. The van der Waals surface area contributed by atoms with Gasteiger partial charge in [-0.3, -0.25) is 25.7 Å². The van der Waals surface area contributed by atoms with Crippen LogP contribution in [-0.2, 0) is 0 Å². The van der Waals surface area contributed by atoms with Crippen molar-refractivity contribution in [1.29, 1.82) is 0 Å². The molecule has 0 aliphatic heterocycles. The fourth-order valence-electron chi connectivity index (χ4n) is 2.49. The number of aromatic nitrogens is 2. The first-order valence-corrected chi connectivity index (χ1v) is 8.77. The number of nitro groups is 2. The Bertz CT molecular complexity index is 1140. The molecule has 1 heterocycles. The summed E-state index contributed by atoms with van der Waals surface area (Å²) in [7, 11) is 0. The van der Waals surface area contributed by atoms with Gasteiger partial charge in [-0.05, 0) is 25.1 Å². The third-order valence-electron chi connectivity index (χ3n) is 3.90. The summed E-state index contributed by atoms with van der Waals surface area (Å²) >= 11 is 12.6. The zero-order valence-electron chi connectivity index (χ0n) is 14.7. The standard InChI is InChI=1S/C17H12Cl2N6O4/c1-10-12(17(19)23(22-10)15-5-3-2-4-13(15)18)9-20-21-14-7-6-11(24(26)27)8-16(14)25(28)29/h2-9,21H,1H3/b20-9+. The average molecular weight is 435 g/mol. The van der Waals surface area contributed by atoms with Crippen LogP contribution in [0.3, 0.4) is 0 Å². The molecular formula is C17H12Cl2N6O4. The molecule has 0 bridgehead atoms. The van der Waals surface area contributed by atoms with Gasteiger partial charge >= 0.3 is 5.69 Å². The molecule has 0 atom stereocenters. The maximum Gasteiger partial charge on any atom is 0.301 e. The van der Waals surface area contributed by atoms with Crippen LogP contribution >= 0.6 is 23.2 Å². The average Bonchev–Trinajstić information content (AvgIpc) is 2.96. The zero-order chi connectivity index (χ0) is 21.1. The van der Waals surface area contributed by atoms with E-state index in [1.165, 1.54) is 17.0 Å². The Morgan fingerprint density at radius 1 is 1.14 bits per heavy atom. The number of para-hydroxylation sites is 1. The van der Waals surface area contributed by atoms with E-state index in [9.17, 15) is 20.2 Å². The number of non-ortho nitro benzene ring substituents is 1. The van der Waals surface area contributed by atoms with Crippen molar-refractivity contribution in [2.45, 2.75) is 6.92 Å². The highest BCUT2D eigenvalue weighted by atomic mass is 35.5. The van der Waals surface area contributed by atoms with Crippen molar-refractivity contribution < 1.29 is 9.85 Å². The molecule has 0 aliphatic rings. The number of hydrogen-bond donors (Lipinski definition) is 1. The first-order valence-electron chi connectivity index (χ1n) is 8.01. The van der Waals surface area contributed by atoms with E-state index in [4.69, 9.17) is 23.2 Å². The number of anilines is 1. The van der Waals surface area contributed by atoms with Gasteiger partial charge in [-0.1, -0.05) is 35.3 Å². The molecule has 2 aromatic carbocycles. The molecule has 1 aromatic heterocycles. The molecule has 0 amide bonds. The normalized spacial score (nSPS) is 11.0. The molecule has 0 radical (unpaired) electrons. The Morgan fingerprint density at radius 2 is 1.86 bits per heavy atom. The Morgan fingerprint density at radius 3 is 2.52 bits per heavy atom. The summed E-state index contributed by atoms with van der Waals surface area (Å²) in [5, 5.41) is 31.0. The molecule has 29 heavy (non-hydrogen) atoms. The van der Waals surface area contributed by atoms with E-state index in [2.05, 4.69) is 15.6 Å². The Kier molecular flexibility index (Phi) is 5.76. The number of nitrogens with zero attached hydrogens (tertiary/aromatic N) is 5. The van der Waals surface area contributed by atoms with Crippen molar-refractivity contribution >= 4 is 46.5 Å². The predicted octanol–water partition coefficient (Wildman–Crippen LogP) is 4.75. The van der Waals surface area contributed by atoms with Crippen LogP contribution < -0.4 is 5.43 Å². The lowest BCUT2D eigenvalue weighted by Crippen LogP contribution is -1.99. The van der Waals surface area contributed by atoms with Crippen LogP contribution in [0.15, 0.2) is 47.6 Å². The van der Waals surface area contributed by atoms with Crippen LogP contribution in [0.2, 0.25) is 10.2 Å². The lowest BCUT2D eigenvalue weighted by molar-refractivity contribution is -0.393. The van der Waals surface area contributed by atoms with Gasteiger partial charge in [0.2, 0.25) is 0 Å². The van der Waals surface area contributed by atoms with E-state index in [0.29, 0.717) is 22.0 Å². The molecule has 12 heteroatoms. The first kappa shape index (κ1) is 20.2. The van der Waals surface area contributed by atoms with Crippen LogP contribution in [0, 0.1) is 27.2 Å². The molecule has 0 aliphatic carbocycles. The Labute approximate surface area is 173 Å². The third kappa shape index (κ3) is 4.18. The van der Waals surface area contributed by atoms with Gasteiger partial charge in [0.1, 0.15) is 10.8 Å². The predicted molar refractivity (Wildman–Crippen MR) is 109 cm³/mol. The minimum Gasteiger partial charge on any atom is -0.272 e. The SMILES string of the molecule is Cc1nn(-c2ccccc2Cl)c(Cl)c1/C=N/Nc1ccc([N+](=O)[O-])cc1[N+](=O)[O-]. The first-order chi connectivity index (χ1) is 13.8. The van der Waals surface area contributed by atoms with Crippen LogP contribution in [0.5, 0.6) is 0 Å². The van der Waals surface area contributed by atoms with Crippen LogP contribution in [-0.4, -0.2) is 25.8 Å². The third-order valence-corrected chi connectivity index (χ3v) is 4.58. The van der Waals surface area contributed by atoms with E-state index in [0.717, 1.165) is 12.1 Å². The van der Waals surface area contributed by atoms with Crippen LogP contribution in [0.25, 0.3) is 5.69 Å². The fourth-order valence-corrected chi connectivity index (χ4v) is 3.02. The van der Waals surface area contributed by atoms with E-state index >= 15 is 0 Å². The number of hydrazone groups is 1. The minimum atomic E-state index is -0.738. The van der Waals surface area contributed by atoms with Gasteiger partial charge in [0, 0.05) is 6.07 Å². The summed E-state index contributed by atoms with van der Waals surface area (Å²) < 4.78 is 1.45. The minimum absolute atomic E-state index is 0.0101. The lowest BCUT2D eigenvalue weighted by Gasteiger charge is -2.05. The van der Waals surface area contributed by atoms with Gasteiger partial charge in [0.05, 0.1) is 44.1 Å². The summed E-state index contributed by atoms with van der Waals surface area (Å²) in [5.41, 5.74) is 3.23. The van der Waals surface area contributed by atoms with Gasteiger partial charge in [-0.2, -0.15) is 10.2 Å². The molecule has 0 saturated carbocycles. The summed E-state index contributed by atoms with van der Waals surface area (Å²) in [6.45, 7) is 1.72. The summed E-state index contributed by atoms with van der Waals surface area (Å²) in [4.78, 5) is 20.5. The molecule has 0 fully saturated rings. The van der Waals surface area contributed by atoms with Crippen LogP contribution in [0.4, 0.5) is 17.1 Å². The van der Waals surface area contributed by atoms with Crippen molar-refractivity contribution in [3.8, 4) is 5.69 Å². The maximum absolute atomic E-state index is 11.2. The zero-order valence-corrected chi connectivity index (χ0v) is 16.3. The van der Waals surface area contributed by atoms with Gasteiger partial charge in [0.15, 0.2) is 0 Å². The van der Waals surface area contributed by atoms with E-state index in [1.54, 1.807) is 31.2 Å². The number of nitro benzene ring substituents is 2. The summed E-state index contributed by atoms with van der Waals surface area (Å²) in [6.07, 6.45) is 1.35. The van der Waals surface area contributed by atoms with E-state index < -0.39 is 21.2 Å². The number of rotatable bonds is 6. The Hall–Kier alpha value is -3.50. The van der Waals surface area contributed by atoms with Crippen LogP contribution in [0.1, 0.15) is 11.3 Å². The van der Waals surface area contributed by atoms with E-state index in [1.807, 2.05) is 0 Å². The van der Waals surface area contributed by atoms with Gasteiger partial charge < -0.3 is 0 Å². The second-order valence-corrected chi connectivity index (χ2v) is 6.50. The van der Waals surface area contributed by atoms with Crippen molar-refractivity contribution in [2.24, 2.45) is 5.10 Å². The number of halogens is 2. The molecule has 0 unspecified atom stereocenters. The molecule has 0 spiro atoms. The topological polar surface area (TPSA) is 128 Å². The number of nitrogens with one attached hydrogen (secondary N) is 1. The van der Waals surface area contributed by atoms with Gasteiger partial charge in [-0.15, -0.1) is 0 Å². The van der Waals surface area contributed by atoms with Crippen molar-refractivity contribution in [3.05, 3.63) is 84.1 Å². The smallest absolute Gasteiger partial charge is 0.272 e. The molecule has 1 N–H and O–H groups in total. The number of benzene rings is 2. The van der Waals surface area contributed by atoms with Gasteiger partial charge in [0.25, 0.3) is 5.69 Å². The van der Waals surface area contributed by atoms with E-state index in [-0.39, 0.29) is 10.8 Å². The Balaban J connectivity index is 1.90. The lowest BCUT2D eigenvalue weighted by atomic mass is 10.2. The van der Waals surface area contributed by atoms with Gasteiger partial charge in [-0.25, -0.2) is 4.68 Å². The monoisotopic (exact) mass is 434 g/mol. The molecular weight excluding hydrogens is 423 g/mol. The maximum atomic E-state index is 11.2. The second kappa shape index (κ2) is 8.25. The molecule has 148 valence electrons.